The predicted octanol–water partition coefficient (Wildman–Crippen LogP) is 4.46. The number of aliphatic carboxylic acids is 1. The third-order valence-corrected chi connectivity index (χ3v) is 6.47. The molecule has 1 aliphatic carbocycles. The lowest BCUT2D eigenvalue weighted by molar-refractivity contribution is -0.151. The lowest BCUT2D eigenvalue weighted by Crippen LogP contribution is -2.49. The molecule has 0 spiro atoms. The van der Waals surface area contributed by atoms with Crippen LogP contribution in [0.3, 0.4) is 0 Å². The minimum absolute atomic E-state index is 0.0725. The summed E-state index contributed by atoms with van der Waals surface area (Å²) in [6.07, 6.45) is -1.22. The van der Waals surface area contributed by atoms with Crippen LogP contribution in [0.5, 0.6) is 0 Å². The zero-order chi connectivity index (χ0) is 28.7. The number of carboxylic acids is 1. The third kappa shape index (κ3) is 7.72. The number of hydrogen-bond acceptors (Lipinski definition) is 7. The van der Waals surface area contributed by atoms with Crippen molar-refractivity contribution in [1.29, 1.82) is 0 Å². The highest BCUT2D eigenvalue weighted by molar-refractivity contribution is 5.84. The van der Waals surface area contributed by atoms with Crippen molar-refractivity contribution in [2.45, 2.75) is 64.6 Å². The number of nitrogens with one attached hydrogen (secondary N) is 2. The molecule has 39 heavy (non-hydrogen) atoms. The van der Waals surface area contributed by atoms with Crippen molar-refractivity contribution < 1.29 is 38.5 Å². The van der Waals surface area contributed by atoms with Gasteiger partial charge in [0.2, 0.25) is 0 Å². The Balaban J connectivity index is 1.61. The molecular weight excluding hydrogens is 504 g/mol. The monoisotopic (exact) mass is 540 g/mol. The molecule has 0 radical (unpaired) electrons. The molecule has 210 valence electrons. The fourth-order valence-corrected chi connectivity index (χ4v) is 4.32. The third-order valence-electron chi connectivity index (χ3n) is 6.47. The summed E-state index contributed by atoms with van der Waals surface area (Å²) in [4.78, 5) is 49.2. The second-order valence-corrected chi connectivity index (χ2v) is 10.5. The van der Waals surface area contributed by atoms with Crippen molar-refractivity contribution in [3.8, 4) is 11.1 Å². The van der Waals surface area contributed by atoms with Crippen LogP contribution in [0.2, 0.25) is 0 Å². The summed E-state index contributed by atoms with van der Waals surface area (Å²) in [6.45, 7) is 7.92. The Kier molecular flexibility index (Phi) is 9.56. The molecular formula is C29H36N2O8. The van der Waals surface area contributed by atoms with E-state index in [9.17, 15) is 24.3 Å². The van der Waals surface area contributed by atoms with Crippen molar-refractivity contribution in [2.24, 2.45) is 5.92 Å². The summed E-state index contributed by atoms with van der Waals surface area (Å²) in [7, 11) is 0. The van der Waals surface area contributed by atoms with Gasteiger partial charge in [-0.2, -0.15) is 0 Å². The van der Waals surface area contributed by atoms with Crippen LogP contribution in [-0.4, -0.2) is 60.1 Å². The zero-order valence-electron chi connectivity index (χ0n) is 22.9. The standard InChI is InChI=1S/C29H36N2O8/c1-6-17(2)24(26(34)37-16-23(25(32)33)30-28(36)39-29(3,4)5)31-27(35)38-15-22-20-13-9-7-11-18(20)19-12-8-10-14-21(19)22/h7-14,17,22-24H,6,15-16H2,1-5H3,(H,30,36)(H,31,35)(H,32,33). The molecule has 0 bridgehead atoms. The maximum Gasteiger partial charge on any atom is 0.408 e. The topological polar surface area (TPSA) is 140 Å². The van der Waals surface area contributed by atoms with Crippen LogP contribution in [0.4, 0.5) is 9.59 Å². The van der Waals surface area contributed by atoms with E-state index in [1.165, 1.54) is 0 Å². The highest BCUT2D eigenvalue weighted by Gasteiger charge is 2.33. The van der Waals surface area contributed by atoms with Gasteiger partial charge in [-0.1, -0.05) is 68.8 Å². The first-order valence-corrected chi connectivity index (χ1v) is 12.9. The molecule has 0 aromatic heterocycles. The maximum atomic E-state index is 12.9. The van der Waals surface area contributed by atoms with Gasteiger partial charge in [0.1, 0.15) is 24.9 Å². The Morgan fingerprint density at radius 3 is 1.97 bits per heavy atom. The summed E-state index contributed by atoms with van der Waals surface area (Å²) in [5.74, 6) is -2.72. The molecule has 0 aliphatic heterocycles. The molecule has 2 aromatic carbocycles. The normalized spacial score (nSPS) is 14.7. The Morgan fingerprint density at radius 2 is 1.46 bits per heavy atom. The minimum atomic E-state index is -1.53. The van der Waals surface area contributed by atoms with E-state index in [4.69, 9.17) is 14.2 Å². The molecule has 3 rings (SSSR count). The molecule has 3 N–H and O–H groups in total. The zero-order valence-corrected chi connectivity index (χ0v) is 22.9. The molecule has 2 amide bonds. The van der Waals surface area contributed by atoms with Gasteiger partial charge >= 0.3 is 24.1 Å². The van der Waals surface area contributed by atoms with Gasteiger partial charge in [-0.25, -0.2) is 19.2 Å². The van der Waals surface area contributed by atoms with E-state index >= 15 is 0 Å². The number of carboxylic acid groups (broad SMARTS) is 1. The van der Waals surface area contributed by atoms with Crippen molar-refractivity contribution in [2.75, 3.05) is 13.2 Å². The number of rotatable bonds is 10. The van der Waals surface area contributed by atoms with Gasteiger partial charge in [-0.15, -0.1) is 0 Å². The lowest BCUT2D eigenvalue weighted by atomic mass is 9.98. The van der Waals surface area contributed by atoms with Gasteiger partial charge in [0.15, 0.2) is 6.04 Å². The van der Waals surface area contributed by atoms with Gasteiger partial charge < -0.3 is 30.0 Å². The maximum absolute atomic E-state index is 12.9. The van der Waals surface area contributed by atoms with Gasteiger partial charge in [0.05, 0.1) is 0 Å². The van der Waals surface area contributed by atoms with Crippen LogP contribution in [0.25, 0.3) is 11.1 Å². The Hall–Kier alpha value is -4.08. The van der Waals surface area contributed by atoms with Gasteiger partial charge in [0.25, 0.3) is 0 Å². The molecule has 0 fully saturated rings. The van der Waals surface area contributed by atoms with Crippen LogP contribution in [-0.2, 0) is 23.8 Å². The summed E-state index contributed by atoms with van der Waals surface area (Å²) in [6, 6.07) is 13.3. The quantitative estimate of drug-likeness (QED) is 0.296. The van der Waals surface area contributed by atoms with Crippen molar-refractivity contribution >= 4 is 24.1 Å². The Labute approximate surface area is 228 Å². The molecule has 10 nitrogen and oxygen atoms in total. The van der Waals surface area contributed by atoms with Crippen LogP contribution >= 0.6 is 0 Å². The van der Waals surface area contributed by atoms with E-state index in [1.807, 2.05) is 55.5 Å². The summed E-state index contributed by atoms with van der Waals surface area (Å²) >= 11 is 0. The molecule has 0 saturated heterocycles. The first-order chi connectivity index (χ1) is 18.4. The van der Waals surface area contributed by atoms with E-state index in [1.54, 1.807) is 27.7 Å². The van der Waals surface area contributed by atoms with E-state index in [2.05, 4.69) is 10.6 Å². The van der Waals surface area contributed by atoms with Gasteiger partial charge in [-0.3, -0.25) is 0 Å². The summed E-state index contributed by atoms with van der Waals surface area (Å²) in [5, 5.41) is 14.2. The van der Waals surface area contributed by atoms with Crippen LogP contribution < -0.4 is 10.6 Å². The fourth-order valence-electron chi connectivity index (χ4n) is 4.32. The number of esters is 1. The second kappa shape index (κ2) is 12.6. The highest BCUT2D eigenvalue weighted by atomic mass is 16.6. The predicted molar refractivity (Wildman–Crippen MR) is 143 cm³/mol. The van der Waals surface area contributed by atoms with Crippen molar-refractivity contribution in [3.63, 3.8) is 0 Å². The minimum Gasteiger partial charge on any atom is -0.480 e. The molecule has 10 heteroatoms. The van der Waals surface area contributed by atoms with E-state index in [0.29, 0.717) is 6.42 Å². The Bertz CT molecular complexity index is 1160. The average molecular weight is 541 g/mol. The van der Waals surface area contributed by atoms with Crippen LogP contribution in [0.15, 0.2) is 48.5 Å². The SMILES string of the molecule is CCC(C)C(NC(=O)OCC1c2ccccc2-c2ccccc21)C(=O)OCC(NC(=O)OC(C)(C)C)C(=O)O. The van der Waals surface area contributed by atoms with Gasteiger partial charge in [-0.05, 0) is 48.9 Å². The number of carbonyl (C=O) groups is 4. The first-order valence-electron chi connectivity index (χ1n) is 12.9. The average Bonchev–Trinajstić information content (AvgIpc) is 3.20. The van der Waals surface area contributed by atoms with E-state index in [0.717, 1.165) is 22.3 Å². The van der Waals surface area contributed by atoms with E-state index < -0.39 is 48.4 Å². The summed E-state index contributed by atoms with van der Waals surface area (Å²) < 4.78 is 15.8. The summed E-state index contributed by atoms with van der Waals surface area (Å²) in [5.41, 5.74) is 3.47. The number of amides is 2. The molecule has 2 aromatic rings. The first kappa shape index (κ1) is 29.5. The number of ether oxygens (including phenoxy) is 3. The number of carbonyl (C=O) groups excluding carboxylic acids is 3. The molecule has 0 saturated carbocycles. The molecule has 1 aliphatic rings. The largest absolute Gasteiger partial charge is 0.480 e. The number of hydrogen-bond donors (Lipinski definition) is 3. The number of benzene rings is 2. The van der Waals surface area contributed by atoms with Crippen molar-refractivity contribution in [1.82, 2.24) is 10.6 Å². The van der Waals surface area contributed by atoms with Crippen LogP contribution in [0.1, 0.15) is 58.1 Å². The number of fused-ring (bicyclic) bond motifs is 3. The number of alkyl carbamates (subject to hydrolysis) is 2. The highest BCUT2D eigenvalue weighted by Crippen LogP contribution is 2.44. The molecule has 3 unspecified atom stereocenters. The fraction of sp³-hybridized carbons (Fsp3) is 0.448. The van der Waals surface area contributed by atoms with E-state index in [-0.39, 0.29) is 18.4 Å². The van der Waals surface area contributed by atoms with Crippen LogP contribution in [0, 0.1) is 5.92 Å². The smallest absolute Gasteiger partial charge is 0.408 e. The second-order valence-electron chi connectivity index (χ2n) is 10.5. The molecule has 0 heterocycles. The Morgan fingerprint density at radius 1 is 0.897 bits per heavy atom. The molecule has 3 atom stereocenters. The van der Waals surface area contributed by atoms with Gasteiger partial charge in [0, 0.05) is 5.92 Å². The lowest BCUT2D eigenvalue weighted by Gasteiger charge is -2.24. The van der Waals surface area contributed by atoms with Crippen molar-refractivity contribution in [3.05, 3.63) is 59.7 Å².